The molecule has 1 heterocycles. The second kappa shape index (κ2) is 4.26. The summed E-state index contributed by atoms with van der Waals surface area (Å²) in [6, 6.07) is 8.20. The molecule has 0 radical (unpaired) electrons. The van der Waals surface area contributed by atoms with Gasteiger partial charge in [0, 0.05) is 19.0 Å². The molecule has 0 aromatic heterocycles. The number of hydrogen-bond acceptors (Lipinski definition) is 2. The van der Waals surface area contributed by atoms with Crippen LogP contribution < -0.4 is 0 Å². The SMILES string of the molecule is Cc1ccc(C2CN(C)CC2C(=O)O)cc1. The second-order valence-electron chi connectivity index (χ2n) is 4.68. The number of aliphatic carboxylic acids is 1. The first-order valence-electron chi connectivity index (χ1n) is 5.56. The molecule has 1 aliphatic heterocycles. The zero-order valence-electron chi connectivity index (χ0n) is 9.68. The number of carbonyl (C=O) groups is 1. The monoisotopic (exact) mass is 219 g/mol. The van der Waals surface area contributed by atoms with Crippen LogP contribution in [-0.2, 0) is 4.79 Å². The van der Waals surface area contributed by atoms with Gasteiger partial charge in [0.15, 0.2) is 0 Å². The van der Waals surface area contributed by atoms with Crippen molar-refractivity contribution in [1.82, 2.24) is 4.90 Å². The van der Waals surface area contributed by atoms with Crippen LogP contribution in [0, 0.1) is 12.8 Å². The van der Waals surface area contributed by atoms with E-state index in [2.05, 4.69) is 17.0 Å². The molecule has 0 spiro atoms. The zero-order valence-corrected chi connectivity index (χ0v) is 9.68. The highest BCUT2D eigenvalue weighted by molar-refractivity contribution is 5.72. The normalized spacial score (nSPS) is 25.9. The first kappa shape index (κ1) is 11.1. The van der Waals surface area contributed by atoms with E-state index in [1.165, 1.54) is 5.56 Å². The Morgan fingerprint density at radius 2 is 1.94 bits per heavy atom. The van der Waals surface area contributed by atoms with E-state index < -0.39 is 5.97 Å². The van der Waals surface area contributed by atoms with Gasteiger partial charge in [-0.1, -0.05) is 29.8 Å². The fourth-order valence-electron chi connectivity index (χ4n) is 2.40. The molecule has 1 saturated heterocycles. The summed E-state index contributed by atoms with van der Waals surface area (Å²) in [5.41, 5.74) is 2.35. The van der Waals surface area contributed by atoms with Crippen molar-refractivity contribution in [2.75, 3.05) is 20.1 Å². The first-order chi connectivity index (χ1) is 7.58. The van der Waals surface area contributed by atoms with Crippen LogP contribution >= 0.6 is 0 Å². The van der Waals surface area contributed by atoms with Gasteiger partial charge in [0.25, 0.3) is 0 Å². The minimum Gasteiger partial charge on any atom is -0.481 e. The number of nitrogens with zero attached hydrogens (tertiary/aromatic N) is 1. The summed E-state index contributed by atoms with van der Waals surface area (Å²) in [6.07, 6.45) is 0. The molecule has 16 heavy (non-hydrogen) atoms. The standard InChI is InChI=1S/C13H17NO2/c1-9-3-5-10(6-4-9)11-7-14(2)8-12(11)13(15)16/h3-6,11-12H,7-8H2,1-2H3,(H,15,16). The molecule has 1 fully saturated rings. The van der Waals surface area contributed by atoms with Crippen LogP contribution in [0.4, 0.5) is 0 Å². The van der Waals surface area contributed by atoms with Crippen molar-refractivity contribution in [1.29, 1.82) is 0 Å². The van der Waals surface area contributed by atoms with Crippen LogP contribution in [0.2, 0.25) is 0 Å². The van der Waals surface area contributed by atoms with Crippen LogP contribution in [0.15, 0.2) is 24.3 Å². The minimum atomic E-state index is -0.685. The Kier molecular flexibility index (Phi) is 2.97. The summed E-state index contributed by atoms with van der Waals surface area (Å²) in [5.74, 6) is -0.828. The van der Waals surface area contributed by atoms with Crippen LogP contribution in [0.1, 0.15) is 17.0 Å². The third-order valence-corrected chi connectivity index (χ3v) is 3.33. The number of benzene rings is 1. The predicted octanol–water partition coefficient (Wildman–Crippen LogP) is 1.72. The summed E-state index contributed by atoms with van der Waals surface area (Å²) in [4.78, 5) is 13.3. The van der Waals surface area contributed by atoms with Crippen molar-refractivity contribution < 1.29 is 9.90 Å². The number of aryl methyl sites for hydroxylation is 1. The van der Waals surface area contributed by atoms with Gasteiger partial charge >= 0.3 is 5.97 Å². The molecule has 0 bridgehead atoms. The van der Waals surface area contributed by atoms with E-state index in [0.29, 0.717) is 6.54 Å². The van der Waals surface area contributed by atoms with Crippen LogP contribution in [-0.4, -0.2) is 36.1 Å². The topological polar surface area (TPSA) is 40.5 Å². The van der Waals surface area contributed by atoms with E-state index in [1.54, 1.807) is 0 Å². The lowest BCUT2D eigenvalue weighted by molar-refractivity contribution is -0.141. The van der Waals surface area contributed by atoms with Gasteiger partial charge in [-0.15, -0.1) is 0 Å². The van der Waals surface area contributed by atoms with Gasteiger partial charge in [0.1, 0.15) is 0 Å². The Morgan fingerprint density at radius 3 is 2.50 bits per heavy atom. The second-order valence-corrected chi connectivity index (χ2v) is 4.68. The lowest BCUT2D eigenvalue weighted by Gasteiger charge is -2.15. The smallest absolute Gasteiger partial charge is 0.308 e. The largest absolute Gasteiger partial charge is 0.481 e. The van der Waals surface area contributed by atoms with Crippen molar-refractivity contribution in [2.24, 2.45) is 5.92 Å². The van der Waals surface area contributed by atoms with Crippen molar-refractivity contribution in [3.63, 3.8) is 0 Å². The fraction of sp³-hybridized carbons (Fsp3) is 0.462. The molecule has 0 saturated carbocycles. The van der Waals surface area contributed by atoms with Crippen LogP contribution in [0.25, 0.3) is 0 Å². The molecule has 1 N–H and O–H groups in total. The van der Waals surface area contributed by atoms with Gasteiger partial charge < -0.3 is 10.0 Å². The highest BCUT2D eigenvalue weighted by Gasteiger charge is 2.36. The molecule has 1 aromatic rings. The summed E-state index contributed by atoms with van der Waals surface area (Å²) in [6.45, 7) is 3.52. The van der Waals surface area contributed by atoms with E-state index in [9.17, 15) is 9.90 Å². The maximum absolute atomic E-state index is 11.2. The number of carboxylic acids is 1. The fourth-order valence-corrected chi connectivity index (χ4v) is 2.40. The van der Waals surface area contributed by atoms with Crippen molar-refractivity contribution in [3.8, 4) is 0 Å². The summed E-state index contributed by atoms with van der Waals surface area (Å²) in [5, 5.41) is 9.19. The Hall–Kier alpha value is -1.35. The lowest BCUT2D eigenvalue weighted by atomic mass is 9.89. The molecular weight excluding hydrogens is 202 g/mol. The number of rotatable bonds is 2. The highest BCUT2D eigenvalue weighted by Crippen LogP contribution is 2.32. The van der Waals surface area contributed by atoms with Crippen LogP contribution in [0.3, 0.4) is 0 Å². The number of carboxylic acid groups (broad SMARTS) is 1. The third kappa shape index (κ3) is 2.09. The van der Waals surface area contributed by atoms with Crippen molar-refractivity contribution in [2.45, 2.75) is 12.8 Å². The molecule has 1 aromatic carbocycles. The molecule has 2 rings (SSSR count). The van der Waals surface area contributed by atoms with E-state index in [1.807, 2.05) is 26.1 Å². The maximum atomic E-state index is 11.2. The Bertz CT molecular complexity index is 385. The van der Waals surface area contributed by atoms with Gasteiger partial charge in [-0.05, 0) is 19.5 Å². The molecule has 86 valence electrons. The summed E-state index contributed by atoms with van der Waals surface area (Å²) in [7, 11) is 1.98. The average molecular weight is 219 g/mol. The molecule has 1 aliphatic rings. The van der Waals surface area contributed by atoms with Gasteiger partial charge in [-0.3, -0.25) is 4.79 Å². The molecule has 0 amide bonds. The van der Waals surface area contributed by atoms with Gasteiger partial charge in [0.2, 0.25) is 0 Å². The Morgan fingerprint density at radius 1 is 1.31 bits per heavy atom. The Labute approximate surface area is 95.7 Å². The van der Waals surface area contributed by atoms with E-state index in [-0.39, 0.29) is 11.8 Å². The minimum absolute atomic E-state index is 0.128. The number of likely N-dealkylation sites (N-methyl/N-ethyl adjacent to an activating group) is 1. The average Bonchev–Trinajstić information content (AvgIpc) is 2.61. The summed E-state index contributed by atoms with van der Waals surface area (Å²) < 4.78 is 0. The zero-order chi connectivity index (χ0) is 11.7. The third-order valence-electron chi connectivity index (χ3n) is 3.33. The molecule has 2 unspecified atom stereocenters. The van der Waals surface area contributed by atoms with E-state index in [0.717, 1.165) is 12.1 Å². The van der Waals surface area contributed by atoms with Crippen molar-refractivity contribution in [3.05, 3.63) is 35.4 Å². The maximum Gasteiger partial charge on any atom is 0.308 e. The highest BCUT2D eigenvalue weighted by atomic mass is 16.4. The predicted molar refractivity (Wildman–Crippen MR) is 62.5 cm³/mol. The van der Waals surface area contributed by atoms with Crippen LogP contribution in [0.5, 0.6) is 0 Å². The van der Waals surface area contributed by atoms with E-state index in [4.69, 9.17) is 0 Å². The van der Waals surface area contributed by atoms with Gasteiger partial charge in [-0.2, -0.15) is 0 Å². The number of hydrogen-bond donors (Lipinski definition) is 1. The molecule has 0 aliphatic carbocycles. The molecule has 3 nitrogen and oxygen atoms in total. The molecule has 3 heteroatoms. The number of likely N-dealkylation sites (tertiary alicyclic amines) is 1. The van der Waals surface area contributed by atoms with E-state index >= 15 is 0 Å². The molecule has 2 atom stereocenters. The lowest BCUT2D eigenvalue weighted by Crippen LogP contribution is -2.21. The quantitative estimate of drug-likeness (QED) is 0.823. The molecular formula is C13H17NO2. The van der Waals surface area contributed by atoms with Crippen molar-refractivity contribution >= 4 is 5.97 Å². The first-order valence-corrected chi connectivity index (χ1v) is 5.56. The Balaban J connectivity index is 2.25. The van der Waals surface area contributed by atoms with Gasteiger partial charge in [-0.25, -0.2) is 0 Å². The summed E-state index contributed by atoms with van der Waals surface area (Å²) >= 11 is 0. The van der Waals surface area contributed by atoms with Gasteiger partial charge in [0.05, 0.1) is 5.92 Å².